The minimum absolute atomic E-state index is 0.100. The molecule has 4 nitrogen and oxygen atoms in total. The van der Waals surface area contributed by atoms with Crippen LogP contribution in [0.15, 0.2) is 24.3 Å². The highest BCUT2D eigenvalue weighted by atomic mass is 16.5. The Labute approximate surface area is 126 Å². The molecule has 1 aliphatic carbocycles. The molecule has 1 aromatic rings. The van der Waals surface area contributed by atoms with Gasteiger partial charge in [-0.25, -0.2) is 0 Å². The van der Waals surface area contributed by atoms with Gasteiger partial charge in [0.1, 0.15) is 5.75 Å². The smallest absolute Gasteiger partial charge is 0.263 e. The number of carbonyl (C=O) groups excluding carboxylic acids is 1. The molecule has 0 aromatic heterocycles. The van der Waals surface area contributed by atoms with Crippen LogP contribution >= 0.6 is 0 Å². The Hall–Kier alpha value is -1.55. The molecule has 116 valence electrons. The molecule has 2 rings (SSSR count). The predicted molar refractivity (Wildman–Crippen MR) is 82.3 cm³/mol. The number of aliphatic hydroxyl groups is 1. The first-order chi connectivity index (χ1) is 9.89. The van der Waals surface area contributed by atoms with E-state index >= 15 is 0 Å². The van der Waals surface area contributed by atoms with Crippen molar-refractivity contribution in [3.05, 3.63) is 29.8 Å². The standard InChI is InChI=1S/C17H25NO3/c1-13-7-6-8-15(11-13)21-14(2)16(19)18(3)12-17(20)9-4-5-10-17/h6-8,11,14,20H,4-5,9-10,12H2,1-3H3. The SMILES string of the molecule is Cc1cccc(OC(C)C(=O)N(C)CC2(O)CCCC2)c1. The average Bonchev–Trinajstić information content (AvgIpc) is 2.84. The van der Waals surface area contributed by atoms with Gasteiger partial charge >= 0.3 is 0 Å². The van der Waals surface area contributed by atoms with E-state index in [4.69, 9.17) is 4.74 Å². The lowest BCUT2D eigenvalue weighted by Gasteiger charge is -2.30. The maximum atomic E-state index is 12.4. The minimum atomic E-state index is -0.715. The molecule has 1 aliphatic rings. The van der Waals surface area contributed by atoms with Gasteiger partial charge in [0.2, 0.25) is 0 Å². The first-order valence-electron chi connectivity index (χ1n) is 7.60. The van der Waals surface area contributed by atoms with Crippen LogP contribution in [0, 0.1) is 6.92 Å². The number of aryl methyl sites for hydroxylation is 1. The van der Waals surface area contributed by atoms with Crippen LogP contribution in [-0.4, -0.2) is 41.2 Å². The van der Waals surface area contributed by atoms with Crippen molar-refractivity contribution in [3.8, 4) is 5.75 Å². The number of benzene rings is 1. The summed E-state index contributed by atoms with van der Waals surface area (Å²) in [6, 6.07) is 7.66. The Bertz CT molecular complexity index is 495. The first-order valence-corrected chi connectivity index (χ1v) is 7.60. The molecule has 0 radical (unpaired) electrons. The van der Waals surface area contributed by atoms with E-state index in [1.165, 1.54) is 0 Å². The summed E-state index contributed by atoms with van der Waals surface area (Å²) < 4.78 is 5.70. The molecule has 0 spiro atoms. The Balaban J connectivity index is 1.92. The lowest BCUT2D eigenvalue weighted by atomic mass is 10.0. The Morgan fingerprint density at radius 2 is 2.10 bits per heavy atom. The Kier molecular flexibility index (Phi) is 4.88. The maximum absolute atomic E-state index is 12.4. The average molecular weight is 291 g/mol. The molecule has 1 fully saturated rings. The summed E-state index contributed by atoms with van der Waals surface area (Å²) in [7, 11) is 1.73. The van der Waals surface area contributed by atoms with Gasteiger partial charge in [-0.1, -0.05) is 25.0 Å². The van der Waals surface area contributed by atoms with E-state index in [0.717, 1.165) is 31.2 Å². The lowest BCUT2D eigenvalue weighted by molar-refractivity contribution is -0.139. The number of nitrogens with zero attached hydrogens (tertiary/aromatic N) is 1. The summed E-state index contributed by atoms with van der Waals surface area (Å²) in [4.78, 5) is 13.9. The number of rotatable bonds is 5. The fourth-order valence-electron chi connectivity index (χ4n) is 2.96. The molecule has 21 heavy (non-hydrogen) atoms. The van der Waals surface area contributed by atoms with E-state index in [0.29, 0.717) is 12.3 Å². The third kappa shape index (κ3) is 4.21. The van der Waals surface area contributed by atoms with Crippen molar-refractivity contribution < 1.29 is 14.6 Å². The molecule has 1 amide bonds. The van der Waals surface area contributed by atoms with Crippen molar-refractivity contribution in [3.63, 3.8) is 0 Å². The highest BCUT2D eigenvalue weighted by Gasteiger charge is 2.34. The van der Waals surface area contributed by atoms with Gasteiger partial charge in [0, 0.05) is 13.6 Å². The summed E-state index contributed by atoms with van der Waals surface area (Å²) in [5, 5.41) is 10.4. The molecule has 1 aromatic carbocycles. The summed E-state index contributed by atoms with van der Waals surface area (Å²) in [6.45, 7) is 4.12. The zero-order valence-electron chi connectivity index (χ0n) is 13.1. The quantitative estimate of drug-likeness (QED) is 0.907. The second-order valence-corrected chi connectivity index (χ2v) is 6.20. The monoisotopic (exact) mass is 291 g/mol. The van der Waals surface area contributed by atoms with Gasteiger partial charge in [-0.05, 0) is 44.4 Å². The van der Waals surface area contributed by atoms with E-state index < -0.39 is 11.7 Å². The van der Waals surface area contributed by atoms with Crippen LogP contribution in [0.3, 0.4) is 0 Å². The van der Waals surface area contributed by atoms with Crippen LogP contribution in [0.2, 0.25) is 0 Å². The number of hydrogen-bond acceptors (Lipinski definition) is 3. The molecule has 1 N–H and O–H groups in total. The van der Waals surface area contributed by atoms with Gasteiger partial charge in [-0.15, -0.1) is 0 Å². The normalized spacial score (nSPS) is 18.3. The van der Waals surface area contributed by atoms with Gasteiger partial charge in [-0.3, -0.25) is 4.79 Å². The zero-order valence-corrected chi connectivity index (χ0v) is 13.1. The van der Waals surface area contributed by atoms with Gasteiger partial charge in [0.25, 0.3) is 5.91 Å². The van der Waals surface area contributed by atoms with Crippen LogP contribution in [0.5, 0.6) is 5.75 Å². The second-order valence-electron chi connectivity index (χ2n) is 6.20. The molecule has 0 bridgehead atoms. The van der Waals surface area contributed by atoms with Crippen LogP contribution in [0.4, 0.5) is 0 Å². The number of ether oxygens (including phenoxy) is 1. The van der Waals surface area contributed by atoms with Gasteiger partial charge in [0.15, 0.2) is 6.10 Å². The lowest BCUT2D eigenvalue weighted by Crippen LogP contribution is -2.46. The Morgan fingerprint density at radius 3 is 2.71 bits per heavy atom. The summed E-state index contributed by atoms with van der Waals surface area (Å²) in [5.74, 6) is 0.598. The van der Waals surface area contributed by atoms with Crippen LogP contribution in [0.1, 0.15) is 38.2 Å². The maximum Gasteiger partial charge on any atom is 0.263 e. The van der Waals surface area contributed by atoms with Crippen molar-refractivity contribution >= 4 is 5.91 Å². The predicted octanol–water partition coefficient (Wildman–Crippen LogP) is 2.53. The third-order valence-corrected chi connectivity index (χ3v) is 4.09. The van der Waals surface area contributed by atoms with E-state index in [9.17, 15) is 9.90 Å². The molecule has 0 aliphatic heterocycles. The van der Waals surface area contributed by atoms with Crippen LogP contribution in [-0.2, 0) is 4.79 Å². The van der Waals surface area contributed by atoms with Gasteiger partial charge < -0.3 is 14.7 Å². The molecular weight excluding hydrogens is 266 g/mol. The van der Waals surface area contributed by atoms with E-state index in [1.807, 2.05) is 31.2 Å². The van der Waals surface area contributed by atoms with Crippen molar-refractivity contribution in [2.45, 2.75) is 51.2 Å². The van der Waals surface area contributed by atoms with Crippen molar-refractivity contribution in [1.82, 2.24) is 4.90 Å². The van der Waals surface area contributed by atoms with E-state index in [2.05, 4.69) is 0 Å². The van der Waals surface area contributed by atoms with Gasteiger partial charge in [-0.2, -0.15) is 0 Å². The van der Waals surface area contributed by atoms with E-state index in [-0.39, 0.29) is 5.91 Å². The highest BCUT2D eigenvalue weighted by molar-refractivity contribution is 5.80. The molecule has 0 saturated heterocycles. The van der Waals surface area contributed by atoms with Crippen LogP contribution in [0.25, 0.3) is 0 Å². The summed E-state index contributed by atoms with van der Waals surface area (Å²) in [6.07, 6.45) is 3.07. The second kappa shape index (κ2) is 6.48. The van der Waals surface area contributed by atoms with Crippen molar-refractivity contribution in [2.75, 3.05) is 13.6 Å². The highest BCUT2D eigenvalue weighted by Crippen LogP contribution is 2.30. The summed E-state index contributed by atoms with van der Waals surface area (Å²) >= 11 is 0. The zero-order chi connectivity index (χ0) is 15.5. The van der Waals surface area contributed by atoms with Gasteiger partial charge in [0.05, 0.1) is 5.60 Å². The third-order valence-electron chi connectivity index (χ3n) is 4.09. The summed E-state index contributed by atoms with van der Waals surface area (Å²) in [5.41, 5.74) is 0.383. The molecule has 1 saturated carbocycles. The first kappa shape index (κ1) is 15.8. The molecule has 1 unspecified atom stereocenters. The Morgan fingerprint density at radius 1 is 1.43 bits per heavy atom. The minimum Gasteiger partial charge on any atom is -0.481 e. The molecule has 4 heteroatoms. The van der Waals surface area contributed by atoms with Crippen molar-refractivity contribution in [2.24, 2.45) is 0 Å². The largest absolute Gasteiger partial charge is 0.481 e. The fourth-order valence-corrected chi connectivity index (χ4v) is 2.96. The fraction of sp³-hybridized carbons (Fsp3) is 0.588. The van der Waals surface area contributed by atoms with Crippen LogP contribution < -0.4 is 4.74 Å². The topological polar surface area (TPSA) is 49.8 Å². The molecular formula is C17H25NO3. The number of hydrogen-bond donors (Lipinski definition) is 1. The molecule has 1 atom stereocenters. The number of likely N-dealkylation sites (N-methyl/N-ethyl adjacent to an activating group) is 1. The van der Waals surface area contributed by atoms with E-state index in [1.54, 1.807) is 18.9 Å². The van der Waals surface area contributed by atoms with Crippen molar-refractivity contribution in [1.29, 1.82) is 0 Å². The number of carbonyl (C=O) groups is 1. The number of amides is 1. The molecule has 0 heterocycles.